The predicted molar refractivity (Wildman–Crippen MR) is 164 cm³/mol. The van der Waals surface area contributed by atoms with Gasteiger partial charge in [-0.1, -0.05) is 113 Å². The number of aryl methyl sites for hydroxylation is 1. The highest BCUT2D eigenvalue weighted by atomic mass is 19.2. The van der Waals surface area contributed by atoms with Crippen LogP contribution in [0.25, 0.3) is 22.3 Å². The van der Waals surface area contributed by atoms with E-state index in [9.17, 15) is 8.78 Å². The average Bonchev–Trinajstić information content (AvgIpc) is 3.00. The van der Waals surface area contributed by atoms with E-state index in [0.29, 0.717) is 42.1 Å². The Morgan fingerprint density at radius 3 is 2.20 bits per heavy atom. The molecule has 0 radical (unpaired) electrons. The first-order valence-electron chi connectivity index (χ1n) is 15.7. The molecule has 0 bridgehead atoms. The zero-order valence-corrected chi connectivity index (χ0v) is 24.7. The second kappa shape index (κ2) is 16.0. The minimum atomic E-state index is -0.827. The van der Waals surface area contributed by atoms with Crippen LogP contribution in [-0.4, -0.2) is 6.61 Å². The molecule has 1 heterocycles. The van der Waals surface area contributed by atoms with Gasteiger partial charge in [-0.05, 0) is 72.8 Å². The third-order valence-electron chi connectivity index (χ3n) is 8.36. The summed E-state index contributed by atoms with van der Waals surface area (Å²) in [5.41, 5.74) is 3.39. The van der Waals surface area contributed by atoms with Gasteiger partial charge in [-0.25, -0.2) is 13.2 Å². The summed E-state index contributed by atoms with van der Waals surface area (Å²) in [6.07, 6.45) is 16.9. The summed E-state index contributed by atoms with van der Waals surface area (Å²) >= 11 is 0. The van der Waals surface area contributed by atoms with Crippen LogP contribution in [-0.2, 0) is 11.2 Å². The molecule has 3 aromatic rings. The van der Waals surface area contributed by atoms with Crippen LogP contribution in [0.1, 0.15) is 102 Å². The van der Waals surface area contributed by atoms with Crippen molar-refractivity contribution in [2.45, 2.75) is 97.0 Å². The van der Waals surface area contributed by atoms with E-state index < -0.39 is 11.6 Å². The smallest absolute Gasteiger partial charge is 0.166 e. The second-order valence-electron chi connectivity index (χ2n) is 11.5. The van der Waals surface area contributed by atoms with Gasteiger partial charge in [0, 0.05) is 11.1 Å². The Morgan fingerprint density at radius 2 is 1.49 bits per heavy atom. The normalized spacial score (nSPS) is 17.4. The molecule has 0 aliphatic carbocycles. The van der Waals surface area contributed by atoms with Crippen molar-refractivity contribution in [2.24, 2.45) is 5.92 Å². The van der Waals surface area contributed by atoms with E-state index in [1.165, 1.54) is 44.9 Å². The zero-order valence-electron chi connectivity index (χ0n) is 24.7. The Kier molecular flexibility index (Phi) is 12.1. The summed E-state index contributed by atoms with van der Waals surface area (Å²) in [5.74, 6) is -1.29. The molecule has 0 aromatic heterocycles. The first kappa shape index (κ1) is 31.1. The maximum Gasteiger partial charge on any atom is 0.166 e. The lowest BCUT2D eigenvalue weighted by molar-refractivity contribution is -0.0215. The summed E-state index contributed by atoms with van der Waals surface area (Å²) < 4.78 is 50.9. The summed E-state index contributed by atoms with van der Waals surface area (Å²) in [4.78, 5) is 0. The number of unbranched alkanes of at least 4 members (excludes halogenated alkanes) is 5. The number of allylic oxidation sites excluding steroid dienone is 2. The van der Waals surface area contributed by atoms with Crippen LogP contribution in [0.15, 0.2) is 66.7 Å². The summed E-state index contributed by atoms with van der Waals surface area (Å²) in [6, 6.07) is 15.8. The Morgan fingerprint density at radius 1 is 0.756 bits per heavy atom. The Bertz CT molecular complexity index is 1260. The van der Waals surface area contributed by atoms with Crippen molar-refractivity contribution >= 4 is 0 Å². The van der Waals surface area contributed by atoms with Gasteiger partial charge in [-0.15, -0.1) is 0 Å². The number of benzene rings is 3. The van der Waals surface area contributed by atoms with Crippen LogP contribution in [0.2, 0.25) is 0 Å². The molecular weight excluding hydrogens is 517 g/mol. The van der Waals surface area contributed by atoms with Crippen molar-refractivity contribution in [1.82, 2.24) is 0 Å². The van der Waals surface area contributed by atoms with Gasteiger partial charge in [-0.3, -0.25) is 0 Å². The average molecular weight is 563 g/mol. The molecule has 0 N–H and O–H groups in total. The highest BCUT2D eigenvalue weighted by Crippen LogP contribution is 2.36. The topological polar surface area (TPSA) is 9.23 Å². The van der Waals surface area contributed by atoms with Crippen molar-refractivity contribution in [3.8, 4) is 22.3 Å². The largest absolute Gasteiger partial charge is 0.373 e. The van der Waals surface area contributed by atoms with E-state index in [1.807, 2.05) is 43.3 Å². The molecule has 1 aliphatic heterocycles. The van der Waals surface area contributed by atoms with E-state index in [0.717, 1.165) is 30.4 Å². The predicted octanol–water partition coefficient (Wildman–Crippen LogP) is 11.6. The molecule has 220 valence electrons. The maximum absolute atomic E-state index is 15.2. The van der Waals surface area contributed by atoms with Crippen LogP contribution in [0, 0.1) is 23.4 Å². The fraction of sp³-hybridized carbons (Fsp3) is 0.459. The maximum atomic E-state index is 15.2. The number of ether oxygens (including phenoxy) is 1. The van der Waals surface area contributed by atoms with Gasteiger partial charge in [0.15, 0.2) is 11.6 Å². The summed E-state index contributed by atoms with van der Waals surface area (Å²) in [7, 11) is 0. The van der Waals surface area contributed by atoms with Crippen LogP contribution in [0.3, 0.4) is 0 Å². The van der Waals surface area contributed by atoms with E-state index in [-0.39, 0.29) is 17.5 Å². The highest BCUT2D eigenvalue weighted by Gasteiger charge is 2.25. The molecule has 1 fully saturated rings. The number of hydrogen-bond acceptors (Lipinski definition) is 1. The number of halogens is 3. The SMILES string of the molecule is CCC=CCCc1ccc(-c2ccc(-c3ccc(C4CCC(CCCCCCCC)CO4)c(F)c3)cc2)c(F)c1F. The first-order chi connectivity index (χ1) is 20.0. The van der Waals surface area contributed by atoms with E-state index >= 15 is 4.39 Å². The van der Waals surface area contributed by atoms with Crippen LogP contribution in [0.4, 0.5) is 13.2 Å². The van der Waals surface area contributed by atoms with Gasteiger partial charge in [-0.2, -0.15) is 0 Å². The zero-order chi connectivity index (χ0) is 29.0. The quantitative estimate of drug-likeness (QED) is 0.140. The fourth-order valence-corrected chi connectivity index (χ4v) is 5.83. The van der Waals surface area contributed by atoms with E-state index in [4.69, 9.17) is 4.74 Å². The first-order valence-corrected chi connectivity index (χ1v) is 15.7. The Labute approximate surface area is 244 Å². The minimum absolute atomic E-state index is 0.198. The van der Waals surface area contributed by atoms with Crippen molar-refractivity contribution in [1.29, 1.82) is 0 Å². The standard InChI is InChI=1S/C37H45F3O/c1-3-5-7-9-10-11-13-27-15-24-35(41-26-27)33-23-21-31(25-34(33)38)28-16-18-29(19-17-28)32-22-20-30(36(39)37(32)40)14-12-8-6-4-2/h6,8,16-23,25,27,35H,3-5,7,9-15,24,26H2,1-2H3. The van der Waals surface area contributed by atoms with Crippen molar-refractivity contribution in [3.63, 3.8) is 0 Å². The van der Waals surface area contributed by atoms with Crippen molar-refractivity contribution in [3.05, 3.63) is 95.3 Å². The van der Waals surface area contributed by atoms with Crippen molar-refractivity contribution < 1.29 is 17.9 Å². The molecule has 3 aromatic carbocycles. The lowest BCUT2D eigenvalue weighted by Crippen LogP contribution is -2.21. The molecule has 4 heteroatoms. The molecule has 2 atom stereocenters. The molecular formula is C37H45F3O. The third kappa shape index (κ3) is 8.58. The third-order valence-corrected chi connectivity index (χ3v) is 8.36. The Hall–Kier alpha value is -2.85. The van der Waals surface area contributed by atoms with Gasteiger partial charge in [0.1, 0.15) is 5.82 Å². The molecule has 1 nitrogen and oxygen atoms in total. The van der Waals surface area contributed by atoms with E-state index in [1.54, 1.807) is 30.3 Å². The van der Waals surface area contributed by atoms with Gasteiger partial charge >= 0.3 is 0 Å². The van der Waals surface area contributed by atoms with Gasteiger partial charge in [0.05, 0.1) is 12.7 Å². The van der Waals surface area contributed by atoms with Gasteiger partial charge < -0.3 is 4.74 Å². The summed E-state index contributed by atoms with van der Waals surface area (Å²) in [6.45, 7) is 4.99. The molecule has 4 rings (SSSR count). The molecule has 0 saturated carbocycles. The fourth-order valence-electron chi connectivity index (χ4n) is 5.83. The monoisotopic (exact) mass is 562 g/mol. The van der Waals surface area contributed by atoms with E-state index in [2.05, 4.69) is 6.92 Å². The molecule has 0 spiro atoms. The van der Waals surface area contributed by atoms with Crippen LogP contribution < -0.4 is 0 Å². The Balaban J connectivity index is 1.34. The summed E-state index contributed by atoms with van der Waals surface area (Å²) in [5, 5.41) is 0. The molecule has 1 saturated heterocycles. The van der Waals surface area contributed by atoms with Crippen LogP contribution >= 0.6 is 0 Å². The second-order valence-corrected chi connectivity index (χ2v) is 11.5. The number of hydrogen-bond donors (Lipinski definition) is 0. The molecule has 1 aliphatic rings. The van der Waals surface area contributed by atoms with Crippen molar-refractivity contribution in [2.75, 3.05) is 6.61 Å². The molecule has 2 unspecified atom stereocenters. The van der Waals surface area contributed by atoms with Gasteiger partial charge in [0.2, 0.25) is 0 Å². The van der Waals surface area contributed by atoms with Gasteiger partial charge in [0.25, 0.3) is 0 Å². The minimum Gasteiger partial charge on any atom is -0.373 e. The molecule has 41 heavy (non-hydrogen) atoms. The highest BCUT2D eigenvalue weighted by molar-refractivity contribution is 5.71. The number of rotatable bonds is 14. The lowest BCUT2D eigenvalue weighted by atomic mass is 9.90. The lowest BCUT2D eigenvalue weighted by Gasteiger charge is -2.29. The van der Waals surface area contributed by atoms with Crippen LogP contribution in [0.5, 0.6) is 0 Å². The molecule has 0 amide bonds.